The minimum Gasteiger partial charge on any atom is -0.496 e. The molecule has 0 atom stereocenters. The molecule has 0 aromatic carbocycles. The first-order valence-electron chi connectivity index (χ1n) is 3.22. The Kier molecular flexibility index (Phi) is 3.54. The smallest absolute Gasteiger partial charge is 0.125 e. The van der Waals surface area contributed by atoms with Crippen LogP contribution in [0.4, 0.5) is 0 Å². The molecular weight excluding hydrogens is 140 g/mol. The number of rotatable bonds is 1. The minimum atomic E-state index is 0. The van der Waals surface area contributed by atoms with E-state index in [1.807, 2.05) is 19.9 Å². The summed E-state index contributed by atoms with van der Waals surface area (Å²) in [5, 5.41) is 0. The Labute approximate surface area is 67.0 Å². The first-order chi connectivity index (χ1) is 4.75. The quantitative estimate of drug-likeness (QED) is 0.671. The van der Waals surface area contributed by atoms with Gasteiger partial charge < -0.3 is 10.9 Å². The van der Waals surface area contributed by atoms with Gasteiger partial charge in [0.2, 0.25) is 0 Å². The summed E-state index contributed by atoms with van der Waals surface area (Å²) in [4.78, 5) is 4.11. The predicted molar refractivity (Wildman–Crippen MR) is 45.3 cm³/mol. The van der Waals surface area contributed by atoms with Crippen LogP contribution in [0.15, 0.2) is 12.3 Å². The highest BCUT2D eigenvalue weighted by atomic mass is 16.5. The van der Waals surface area contributed by atoms with Gasteiger partial charge in [0.05, 0.1) is 7.11 Å². The molecule has 0 unspecified atom stereocenters. The average Bonchev–Trinajstić information content (AvgIpc) is 1.95. The Morgan fingerprint density at radius 1 is 1.36 bits per heavy atom. The molecule has 0 fully saturated rings. The molecule has 0 aliphatic rings. The van der Waals surface area contributed by atoms with Crippen LogP contribution in [0.25, 0.3) is 0 Å². The van der Waals surface area contributed by atoms with Crippen molar-refractivity contribution in [3.63, 3.8) is 0 Å². The monoisotopic (exact) mass is 154 g/mol. The molecule has 1 aromatic rings. The van der Waals surface area contributed by atoms with E-state index in [0.717, 1.165) is 17.0 Å². The molecule has 0 saturated heterocycles. The number of hydrogen-bond donors (Lipinski definition) is 1. The van der Waals surface area contributed by atoms with Gasteiger partial charge in [-0.05, 0) is 19.9 Å². The number of hydrogen-bond acceptors (Lipinski definition) is 3. The van der Waals surface area contributed by atoms with Gasteiger partial charge in [0, 0.05) is 17.5 Å². The number of ether oxygens (including phenoxy) is 1. The SMILES string of the molecule is COc1ccnc(C)c1C.N. The molecule has 1 heterocycles. The van der Waals surface area contributed by atoms with E-state index >= 15 is 0 Å². The highest BCUT2D eigenvalue weighted by molar-refractivity contribution is 5.33. The van der Waals surface area contributed by atoms with E-state index < -0.39 is 0 Å². The van der Waals surface area contributed by atoms with E-state index in [0.29, 0.717) is 0 Å². The predicted octanol–water partition coefficient (Wildman–Crippen LogP) is 1.87. The molecule has 1 aromatic heterocycles. The Morgan fingerprint density at radius 2 is 2.00 bits per heavy atom. The van der Waals surface area contributed by atoms with Crippen LogP contribution in [0.2, 0.25) is 0 Å². The van der Waals surface area contributed by atoms with Crippen LogP contribution in [0.1, 0.15) is 11.3 Å². The van der Waals surface area contributed by atoms with E-state index in [1.54, 1.807) is 13.3 Å². The second-order valence-corrected chi connectivity index (χ2v) is 2.22. The van der Waals surface area contributed by atoms with Gasteiger partial charge in [-0.2, -0.15) is 0 Å². The Morgan fingerprint density at radius 3 is 2.45 bits per heavy atom. The van der Waals surface area contributed by atoms with Crippen LogP contribution in [-0.4, -0.2) is 12.1 Å². The highest BCUT2D eigenvalue weighted by Crippen LogP contribution is 2.17. The maximum absolute atomic E-state index is 5.09. The van der Waals surface area contributed by atoms with Gasteiger partial charge >= 0.3 is 0 Å². The maximum atomic E-state index is 5.09. The molecule has 0 spiro atoms. The molecule has 0 saturated carbocycles. The summed E-state index contributed by atoms with van der Waals surface area (Å²) in [5.74, 6) is 0.910. The van der Waals surface area contributed by atoms with Crippen molar-refractivity contribution in [2.75, 3.05) is 7.11 Å². The van der Waals surface area contributed by atoms with Crippen molar-refractivity contribution >= 4 is 0 Å². The molecule has 3 heteroatoms. The summed E-state index contributed by atoms with van der Waals surface area (Å²) in [6, 6.07) is 1.86. The topological polar surface area (TPSA) is 57.1 Å². The number of pyridine rings is 1. The molecule has 3 nitrogen and oxygen atoms in total. The molecule has 0 bridgehead atoms. The largest absolute Gasteiger partial charge is 0.496 e. The van der Waals surface area contributed by atoms with Gasteiger partial charge in [-0.3, -0.25) is 4.98 Å². The van der Waals surface area contributed by atoms with E-state index in [1.165, 1.54) is 0 Å². The number of methoxy groups -OCH3 is 1. The lowest BCUT2D eigenvalue weighted by atomic mass is 10.2. The highest BCUT2D eigenvalue weighted by Gasteiger charge is 1.98. The number of nitrogens with zero attached hydrogens (tertiary/aromatic N) is 1. The lowest BCUT2D eigenvalue weighted by Gasteiger charge is -2.04. The Balaban J connectivity index is 0.000001000. The van der Waals surface area contributed by atoms with Gasteiger partial charge in [-0.15, -0.1) is 0 Å². The maximum Gasteiger partial charge on any atom is 0.125 e. The fourth-order valence-electron chi connectivity index (χ4n) is 0.838. The molecular formula is C8H14N2O. The van der Waals surface area contributed by atoms with Crippen LogP contribution < -0.4 is 10.9 Å². The van der Waals surface area contributed by atoms with Crippen LogP contribution in [-0.2, 0) is 0 Å². The van der Waals surface area contributed by atoms with Crippen LogP contribution in [0.5, 0.6) is 5.75 Å². The summed E-state index contributed by atoms with van der Waals surface area (Å²) in [6.07, 6.45) is 1.75. The molecule has 0 radical (unpaired) electrons. The Hall–Kier alpha value is -1.09. The third-order valence-corrected chi connectivity index (χ3v) is 1.63. The third kappa shape index (κ3) is 1.91. The average molecular weight is 154 g/mol. The number of aryl methyl sites for hydroxylation is 1. The molecule has 0 aliphatic carbocycles. The van der Waals surface area contributed by atoms with Crippen molar-refractivity contribution in [1.82, 2.24) is 11.1 Å². The fraction of sp³-hybridized carbons (Fsp3) is 0.375. The van der Waals surface area contributed by atoms with E-state index in [4.69, 9.17) is 4.74 Å². The summed E-state index contributed by atoms with van der Waals surface area (Å²) >= 11 is 0. The van der Waals surface area contributed by atoms with Crippen molar-refractivity contribution in [3.05, 3.63) is 23.5 Å². The summed E-state index contributed by atoms with van der Waals surface area (Å²) in [5.41, 5.74) is 2.14. The van der Waals surface area contributed by atoms with Gasteiger partial charge in [0.1, 0.15) is 5.75 Å². The van der Waals surface area contributed by atoms with Crippen molar-refractivity contribution in [3.8, 4) is 5.75 Å². The second kappa shape index (κ2) is 3.93. The van der Waals surface area contributed by atoms with Crippen molar-refractivity contribution < 1.29 is 4.74 Å². The molecule has 1 rings (SSSR count). The van der Waals surface area contributed by atoms with E-state index in [2.05, 4.69) is 4.98 Å². The van der Waals surface area contributed by atoms with Gasteiger partial charge in [0.15, 0.2) is 0 Å². The van der Waals surface area contributed by atoms with E-state index in [-0.39, 0.29) is 6.15 Å². The standard InChI is InChI=1S/C8H11NO.H3N/c1-6-7(2)9-5-4-8(6)10-3;/h4-5H,1-3H3;1H3. The van der Waals surface area contributed by atoms with Crippen LogP contribution >= 0.6 is 0 Å². The first-order valence-corrected chi connectivity index (χ1v) is 3.22. The lowest BCUT2D eigenvalue weighted by molar-refractivity contribution is 0.410. The lowest BCUT2D eigenvalue weighted by Crippen LogP contribution is -1.91. The summed E-state index contributed by atoms with van der Waals surface area (Å²) < 4.78 is 5.09. The zero-order valence-corrected chi connectivity index (χ0v) is 7.22. The molecule has 11 heavy (non-hydrogen) atoms. The van der Waals surface area contributed by atoms with Crippen LogP contribution in [0, 0.1) is 13.8 Å². The Bertz CT molecular complexity index is 236. The third-order valence-electron chi connectivity index (χ3n) is 1.63. The van der Waals surface area contributed by atoms with Crippen molar-refractivity contribution in [2.45, 2.75) is 13.8 Å². The fourth-order valence-corrected chi connectivity index (χ4v) is 0.838. The zero-order valence-electron chi connectivity index (χ0n) is 7.22. The van der Waals surface area contributed by atoms with E-state index in [9.17, 15) is 0 Å². The summed E-state index contributed by atoms with van der Waals surface area (Å²) in [6.45, 7) is 3.97. The molecule has 0 amide bonds. The molecule has 3 N–H and O–H groups in total. The second-order valence-electron chi connectivity index (χ2n) is 2.22. The normalized spacial score (nSPS) is 8.64. The van der Waals surface area contributed by atoms with Crippen molar-refractivity contribution in [1.29, 1.82) is 0 Å². The molecule has 62 valence electrons. The van der Waals surface area contributed by atoms with Gasteiger partial charge in [-0.25, -0.2) is 0 Å². The number of aromatic nitrogens is 1. The first kappa shape index (κ1) is 9.91. The van der Waals surface area contributed by atoms with Crippen LogP contribution in [0.3, 0.4) is 0 Å². The minimum absolute atomic E-state index is 0. The van der Waals surface area contributed by atoms with Gasteiger partial charge in [0.25, 0.3) is 0 Å². The van der Waals surface area contributed by atoms with Gasteiger partial charge in [-0.1, -0.05) is 0 Å². The summed E-state index contributed by atoms with van der Waals surface area (Å²) in [7, 11) is 1.67. The zero-order chi connectivity index (χ0) is 7.56. The molecule has 0 aliphatic heterocycles. The van der Waals surface area contributed by atoms with Crippen molar-refractivity contribution in [2.24, 2.45) is 0 Å².